The van der Waals surface area contributed by atoms with Gasteiger partial charge in [-0.1, -0.05) is 0 Å². The number of rotatable bonds is 5. The van der Waals surface area contributed by atoms with Gasteiger partial charge in [0.2, 0.25) is 0 Å². The number of carbonyl (C=O) groups is 1. The molecule has 16 heavy (non-hydrogen) atoms. The van der Waals surface area contributed by atoms with Crippen molar-refractivity contribution in [3.05, 3.63) is 10.6 Å². The Bertz CT molecular complexity index is 379. The predicted octanol–water partition coefficient (Wildman–Crippen LogP) is 2.43. The maximum atomic E-state index is 10.7. The average Bonchev–Trinajstić information content (AvgIpc) is 2.94. The van der Waals surface area contributed by atoms with E-state index in [4.69, 9.17) is 5.11 Å². The molecule has 5 heteroatoms. The lowest BCUT2D eigenvalue weighted by molar-refractivity contribution is -0.137. The summed E-state index contributed by atoms with van der Waals surface area (Å²) in [5, 5.41) is 13.0. The van der Waals surface area contributed by atoms with E-state index in [2.05, 4.69) is 10.3 Å². The first-order valence-corrected chi connectivity index (χ1v) is 6.30. The molecule has 2 rings (SSSR count). The molecule has 2 N–H and O–H groups in total. The van der Waals surface area contributed by atoms with E-state index in [0.717, 1.165) is 23.7 Å². The minimum atomic E-state index is -0.741. The maximum Gasteiger partial charge on any atom is 0.305 e. The number of carboxylic acids is 1. The van der Waals surface area contributed by atoms with Gasteiger partial charge in [-0.05, 0) is 32.6 Å². The molecule has 1 aromatic heterocycles. The molecule has 0 aliphatic heterocycles. The van der Waals surface area contributed by atoms with Crippen molar-refractivity contribution >= 4 is 22.4 Å². The molecule has 1 aliphatic carbocycles. The van der Waals surface area contributed by atoms with Gasteiger partial charge in [0.25, 0.3) is 0 Å². The Balaban J connectivity index is 2.02. The van der Waals surface area contributed by atoms with Crippen molar-refractivity contribution in [2.24, 2.45) is 5.92 Å². The molecule has 4 nitrogen and oxygen atoms in total. The average molecular weight is 240 g/mol. The zero-order valence-corrected chi connectivity index (χ0v) is 10.3. The van der Waals surface area contributed by atoms with Crippen LogP contribution in [0.5, 0.6) is 0 Å². The third kappa shape index (κ3) is 2.72. The number of hydrogen-bond acceptors (Lipinski definition) is 4. The summed E-state index contributed by atoms with van der Waals surface area (Å²) >= 11 is 1.60. The number of nitrogens with zero attached hydrogens (tertiary/aromatic N) is 1. The highest BCUT2D eigenvalue weighted by Crippen LogP contribution is 2.36. The summed E-state index contributed by atoms with van der Waals surface area (Å²) in [7, 11) is 0. The highest BCUT2D eigenvalue weighted by molar-refractivity contribution is 7.15. The lowest BCUT2D eigenvalue weighted by Gasteiger charge is -2.14. The zero-order valence-electron chi connectivity index (χ0n) is 9.49. The van der Waals surface area contributed by atoms with Crippen LogP contribution in [0.15, 0.2) is 0 Å². The van der Waals surface area contributed by atoms with E-state index in [9.17, 15) is 4.79 Å². The van der Waals surface area contributed by atoms with Crippen molar-refractivity contribution in [2.75, 3.05) is 5.32 Å². The molecule has 1 aromatic rings. The van der Waals surface area contributed by atoms with E-state index in [1.807, 2.05) is 13.8 Å². The fourth-order valence-electron chi connectivity index (χ4n) is 1.72. The Hall–Kier alpha value is -1.10. The van der Waals surface area contributed by atoms with E-state index < -0.39 is 5.97 Å². The smallest absolute Gasteiger partial charge is 0.305 e. The van der Waals surface area contributed by atoms with E-state index in [1.165, 1.54) is 4.88 Å². The van der Waals surface area contributed by atoms with Crippen LogP contribution in [0.3, 0.4) is 0 Å². The van der Waals surface area contributed by atoms with Crippen LogP contribution < -0.4 is 5.32 Å². The number of aromatic nitrogens is 1. The summed E-state index contributed by atoms with van der Waals surface area (Å²) in [6.45, 7) is 4.00. The molecule has 0 aromatic carbocycles. The third-order valence-electron chi connectivity index (χ3n) is 2.92. The van der Waals surface area contributed by atoms with Crippen molar-refractivity contribution in [2.45, 2.75) is 39.2 Å². The summed E-state index contributed by atoms with van der Waals surface area (Å²) in [6, 6.07) is 0.0439. The minimum absolute atomic E-state index is 0.0439. The van der Waals surface area contributed by atoms with Gasteiger partial charge < -0.3 is 10.4 Å². The molecule has 0 saturated heterocycles. The number of thiazole rings is 1. The first-order chi connectivity index (χ1) is 7.56. The van der Waals surface area contributed by atoms with Crippen molar-refractivity contribution in [1.82, 2.24) is 4.98 Å². The molecule has 1 aliphatic rings. The van der Waals surface area contributed by atoms with Gasteiger partial charge in [0.1, 0.15) is 0 Å². The first kappa shape index (κ1) is 11.4. The van der Waals surface area contributed by atoms with Gasteiger partial charge in [-0.15, -0.1) is 11.3 Å². The standard InChI is InChI=1S/C11H16N2O2S/c1-6-7(2)16-11(12-6)13-9(5-10(14)15)8-3-4-8/h8-9H,3-5H2,1-2H3,(H,12,13)(H,14,15). The second kappa shape index (κ2) is 4.41. The molecule has 1 atom stereocenters. The number of aliphatic carboxylic acids is 1. The second-order valence-corrected chi connectivity index (χ2v) is 5.55. The molecule has 0 spiro atoms. The number of hydrogen-bond donors (Lipinski definition) is 2. The van der Waals surface area contributed by atoms with Crippen LogP contribution >= 0.6 is 11.3 Å². The van der Waals surface area contributed by atoms with Gasteiger partial charge in [0.15, 0.2) is 5.13 Å². The van der Waals surface area contributed by atoms with Gasteiger partial charge >= 0.3 is 5.97 Å². The molecular formula is C11H16N2O2S. The molecule has 1 unspecified atom stereocenters. The molecule has 1 saturated carbocycles. The van der Waals surface area contributed by atoms with Gasteiger partial charge in [-0.2, -0.15) is 0 Å². The van der Waals surface area contributed by atoms with Gasteiger partial charge in [0.05, 0.1) is 12.1 Å². The SMILES string of the molecule is Cc1nc(NC(CC(=O)O)C2CC2)sc1C. The quantitative estimate of drug-likeness (QED) is 0.829. The molecule has 0 bridgehead atoms. The van der Waals surface area contributed by atoms with Crippen LogP contribution in [-0.4, -0.2) is 22.1 Å². The fourth-order valence-corrected chi connectivity index (χ4v) is 2.59. The number of anilines is 1. The lowest BCUT2D eigenvalue weighted by Crippen LogP contribution is -2.25. The Morgan fingerprint density at radius 2 is 2.31 bits per heavy atom. The molecule has 0 amide bonds. The molecule has 0 radical (unpaired) electrons. The minimum Gasteiger partial charge on any atom is -0.481 e. The van der Waals surface area contributed by atoms with E-state index in [0.29, 0.717) is 5.92 Å². The van der Waals surface area contributed by atoms with Crippen molar-refractivity contribution < 1.29 is 9.90 Å². The van der Waals surface area contributed by atoms with Crippen LogP contribution in [0.1, 0.15) is 29.8 Å². The Morgan fingerprint density at radius 3 is 2.75 bits per heavy atom. The summed E-state index contributed by atoms with van der Waals surface area (Å²) < 4.78 is 0. The highest BCUT2D eigenvalue weighted by Gasteiger charge is 2.33. The van der Waals surface area contributed by atoms with E-state index >= 15 is 0 Å². The fraction of sp³-hybridized carbons (Fsp3) is 0.636. The van der Waals surface area contributed by atoms with Crippen LogP contribution in [-0.2, 0) is 4.79 Å². The monoisotopic (exact) mass is 240 g/mol. The predicted molar refractivity (Wildman–Crippen MR) is 64.0 cm³/mol. The Morgan fingerprint density at radius 1 is 1.62 bits per heavy atom. The molecule has 88 valence electrons. The summed E-state index contributed by atoms with van der Waals surface area (Å²) in [6.07, 6.45) is 2.45. The van der Waals surface area contributed by atoms with Crippen molar-refractivity contribution in [1.29, 1.82) is 0 Å². The lowest BCUT2D eigenvalue weighted by atomic mass is 10.1. The second-order valence-electron chi connectivity index (χ2n) is 4.35. The normalized spacial score (nSPS) is 17.1. The zero-order chi connectivity index (χ0) is 11.7. The van der Waals surface area contributed by atoms with Crippen LogP contribution in [0.25, 0.3) is 0 Å². The Kier molecular flexibility index (Phi) is 3.14. The molecule has 1 heterocycles. The van der Waals surface area contributed by atoms with E-state index in [-0.39, 0.29) is 12.5 Å². The Labute approximate surface area is 98.7 Å². The van der Waals surface area contributed by atoms with Crippen LogP contribution in [0.2, 0.25) is 0 Å². The topological polar surface area (TPSA) is 62.2 Å². The summed E-state index contributed by atoms with van der Waals surface area (Å²) in [5.41, 5.74) is 1.03. The van der Waals surface area contributed by atoms with Crippen molar-refractivity contribution in [3.8, 4) is 0 Å². The number of aryl methyl sites for hydroxylation is 2. The van der Waals surface area contributed by atoms with Crippen molar-refractivity contribution in [3.63, 3.8) is 0 Å². The van der Waals surface area contributed by atoms with Crippen LogP contribution in [0, 0.1) is 19.8 Å². The summed E-state index contributed by atoms with van der Waals surface area (Å²) in [5.74, 6) is -0.227. The van der Waals surface area contributed by atoms with Gasteiger partial charge in [-0.25, -0.2) is 4.98 Å². The largest absolute Gasteiger partial charge is 0.481 e. The molecular weight excluding hydrogens is 224 g/mol. The van der Waals surface area contributed by atoms with Gasteiger partial charge in [-0.3, -0.25) is 4.79 Å². The number of carboxylic acid groups (broad SMARTS) is 1. The first-order valence-electron chi connectivity index (χ1n) is 5.48. The third-order valence-corrected chi connectivity index (χ3v) is 3.93. The van der Waals surface area contributed by atoms with Crippen LogP contribution in [0.4, 0.5) is 5.13 Å². The number of nitrogens with one attached hydrogen (secondary N) is 1. The maximum absolute atomic E-state index is 10.7. The summed E-state index contributed by atoms with van der Waals surface area (Å²) in [4.78, 5) is 16.3. The van der Waals surface area contributed by atoms with Gasteiger partial charge in [0, 0.05) is 10.9 Å². The van der Waals surface area contributed by atoms with E-state index in [1.54, 1.807) is 11.3 Å². The highest BCUT2D eigenvalue weighted by atomic mass is 32.1. The molecule has 1 fully saturated rings.